The van der Waals surface area contributed by atoms with Gasteiger partial charge in [0.25, 0.3) is 0 Å². The number of imidazole rings is 1. The zero-order valence-electron chi connectivity index (χ0n) is 10.1. The fourth-order valence-corrected chi connectivity index (χ4v) is 3.49. The highest BCUT2D eigenvalue weighted by Crippen LogP contribution is 2.16. The molecule has 100 valence electrons. The third kappa shape index (κ3) is 4.22. The molecule has 1 aliphatic heterocycles. The Morgan fingerprint density at radius 2 is 2.22 bits per heavy atom. The summed E-state index contributed by atoms with van der Waals surface area (Å²) in [6.07, 6.45) is 3.65. The second-order valence-electron chi connectivity index (χ2n) is 4.04. The first-order valence-electron chi connectivity index (χ1n) is 5.91. The molecular formula is C11H17N3O2S2. The summed E-state index contributed by atoms with van der Waals surface area (Å²) >= 11 is 3.28. The predicted octanol–water partition coefficient (Wildman–Crippen LogP) is 1.11. The van der Waals surface area contributed by atoms with Crippen molar-refractivity contribution in [3.05, 3.63) is 12.4 Å². The molecular weight excluding hydrogens is 270 g/mol. The number of rotatable bonds is 6. The lowest BCUT2D eigenvalue weighted by Gasteiger charge is -2.26. The van der Waals surface area contributed by atoms with Gasteiger partial charge in [-0.15, -0.1) is 0 Å². The molecule has 0 aromatic carbocycles. The molecule has 18 heavy (non-hydrogen) atoms. The van der Waals surface area contributed by atoms with E-state index in [1.54, 1.807) is 6.20 Å². The van der Waals surface area contributed by atoms with Crippen molar-refractivity contribution >= 4 is 29.5 Å². The van der Waals surface area contributed by atoms with Gasteiger partial charge in [0.2, 0.25) is 0 Å². The number of aliphatic carboxylic acids is 1. The topological polar surface area (TPSA) is 58.4 Å². The number of carboxylic acids is 1. The molecule has 1 saturated heterocycles. The van der Waals surface area contributed by atoms with Crippen LogP contribution in [0.4, 0.5) is 0 Å². The van der Waals surface area contributed by atoms with Gasteiger partial charge in [-0.25, -0.2) is 4.98 Å². The molecule has 2 rings (SSSR count). The van der Waals surface area contributed by atoms with Crippen molar-refractivity contribution in [3.8, 4) is 0 Å². The standard InChI is InChI=1S/C11H17N3O2S2/c15-10(16)9-18-11-12-1-2-14(11)4-3-13-5-7-17-8-6-13/h1-2H,3-9H2,(H,15,16). The Labute approximate surface area is 115 Å². The van der Waals surface area contributed by atoms with Gasteiger partial charge < -0.3 is 9.67 Å². The van der Waals surface area contributed by atoms with Crippen molar-refractivity contribution in [2.24, 2.45) is 0 Å². The van der Waals surface area contributed by atoms with Gasteiger partial charge in [-0.1, -0.05) is 11.8 Å². The number of nitrogens with zero attached hydrogens (tertiary/aromatic N) is 3. The summed E-state index contributed by atoms with van der Waals surface area (Å²) in [5.74, 6) is 1.69. The van der Waals surface area contributed by atoms with E-state index in [9.17, 15) is 4.79 Å². The van der Waals surface area contributed by atoms with Gasteiger partial charge in [0.05, 0.1) is 5.75 Å². The van der Waals surface area contributed by atoms with Crippen LogP contribution < -0.4 is 0 Å². The number of thioether (sulfide) groups is 2. The Morgan fingerprint density at radius 1 is 1.44 bits per heavy atom. The lowest BCUT2D eigenvalue weighted by atomic mass is 10.4. The minimum atomic E-state index is -0.803. The van der Waals surface area contributed by atoms with E-state index < -0.39 is 5.97 Å². The van der Waals surface area contributed by atoms with E-state index >= 15 is 0 Å². The molecule has 0 saturated carbocycles. The molecule has 5 nitrogen and oxygen atoms in total. The van der Waals surface area contributed by atoms with Gasteiger partial charge >= 0.3 is 5.97 Å². The monoisotopic (exact) mass is 287 g/mol. The van der Waals surface area contributed by atoms with Crippen LogP contribution in [0.15, 0.2) is 17.6 Å². The molecule has 7 heteroatoms. The zero-order chi connectivity index (χ0) is 12.8. The van der Waals surface area contributed by atoms with Gasteiger partial charge in [-0.05, 0) is 0 Å². The Balaban J connectivity index is 1.81. The molecule has 1 fully saturated rings. The summed E-state index contributed by atoms with van der Waals surface area (Å²) in [5.41, 5.74) is 0. The minimum absolute atomic E-state index is 0.0668. The number of aromatic nitrogens is 2. The first-order valence-corrected chi connectivity index (χ1v) is 8.05. The quantitative estimate of drug-likeness (QED) is 0.791. The van der Waals surface area contributed by atoms with Crippen LogP contribution in [0.3, 0.4) is 0 Å². The van der Waals surface area contributed by atoms with E-state index in [0.717, 1.165) is 31.3 Å². The molecule has 2 heterocycles. The van der Waals surface area contributed by atoms with Gasteiger partial charge in [0.1, 0.15) is 0 Å². The van der Waals surface area contributed by atoms with Crippen LogP contribution in [0, 0.1) is 0 Å². The van der Waals surface area contributed by atoms with Crippen molar-refractivity contribution in [1.82, 2.24) is 14.5 Å². The van der Waals surface area contributed by atoms with Gasteiger partial charge in [-0.3, -0.25) is 9.69 Å². The molecule has 1 N–H and O–H groups in total. The lowest BCUT2D eigenvalue weighted by Crippen LogP contribution is -2.35. The predicted molar refractivity (Wildman–Crippen MR) is 74.4 cm³/mol. The van der Waals surface area contributed by atoms with Crippen LogP contribution in [0.1, 0.15) is 0 Å². The van der Waals surface area contributed by atoms with Crippen LogP contribution in [-0.4, -0.2) is 62.4 Å². The molecule has 0 atom stereocenters. The number of carbonyl (C=O) groups is 1. The van der Waals surface area contributed by atoms with Crippen LogP contribution in [0.5, 0.6) is 0 Å². The molecule has 0 radical (unpaired) electrons. The highest BCUT2D eigenvalue weighted by molar-refractivity contribution is 7.99. The molecule has 0 bridgehead atoms. The van der Waals surface area contributed by atoms with Crippen LogP contribution in [0.2, 0.25) is 0 Å². The summed E-state index contributed by atoms with van der Waals surface area (Å²) in [5, 5.41) is 9.46. The van der Waals surface area contributed by atoms with E-state index in [2.05, 4.69) is 9.88 Å². The van der Waals surface area contributed by atoms with Crippen LogP contribution in [-0.2, 0) is 11.3 Å². The highest BCUT2D eigenvalue weighted by atomic mass is 32.2. The summed E-state index contributed by atoms with van der Waals surface area (Å²) in [4.78, 5) is 17.2. The maximum atomic E-state index is 10.5. The van der Waals surface area contributed by atoms with Gasteiger partial charge in [-0.2, -0.15) is 11.8 Å². The van der Waals surface area contributed by atoms with Crippen molar-refractivity contribution in [2.75, 3.05) is 36.9 Å². The Kier molecular flexibility index (Phi) is 5.40. The average molecular weight is 287 g/mol. The smallest absolute Gasteiger partial charge is 0.313 e. The largest absolute Gasteiger partial charge is 0.481 e. The van der Waals surface area contributed by atoms with E-state index in [1.807, 2.05) is 22.5 Å². The van der Waals surface area contributed by atoms with Crippen molar-refractivity contribution in [3.63, 3.8) is 0 Å². The maximum Gasteiger partial charge on any atom is 0.313 e. The van der Waals surface area contributed by atoms with Crippen molar-refractivity contribution in [1.29, 1.82) is 0 Å². The van der Waals surface area contributed by atoms with Gasteiger partial charge in [0, 0.05) is 50.1 Å². The molecule has 0 amide bonds. The molecule has 1 aromatic rings. The third-order valence-electron chi connectivity index (χ3n) is 2.76. The van der Waals surface area contributed by atoms with Gasteiger partial charge in [0.15, 0.2) is 5.16 Å². The second-order valence-corrected chi connectivity index (χ2v) is 6.21. The Bertz CT molecular complexity index is 391. The molecule has 0 spiro atoms. The number of hydrogen-bond donors (Lipinski definition) is 1. The molecule has 0 aliphatic carbocycles. The van der Waals surface area contributed by atoms with Crippen LogP contribution >= 0.6 is 23.5 Å². The van der Waals surface area contributed by atoms with Crippen LogP contribution in [0.25, 0.3) is 0 Å². The highest BCUT2D eigenvalue weighted by Gasteiger charge is 2.11. The van der Waals surface area contributed by atoms with E-state index in [1.165, 1.54) is 23.3 Å². The maximum absolute atomic E-state index is 10.5. The summed E-state index contributed by atoms with van der Waals surface area (Å²) in [6, 6.07) is 0. The fraction of sp³-hybridized carbons (Fsp3) is 0.636. The van der Waals surface area contributed by atoms with E-state index in [4.69, 9.17) is 5.11 Å². The SMILES string of the molecule is O=C(O)CSc1nccn1CCN1CCSCC1. The summed E-state index contributed by atoms with van der Waals surface area (Å²) < 4.78 is 2.04. The van der Waals surface area contributed by atoms with E-state index in [-0.39, 0.29) is 5.75 Å². The second kappa shape index (κ2) is 7.06. The summed E-state index contributed by atoms with van der Waals surface area (Å²) in [7, 11) is 0. The fourth-order valence-electron chi connectivity index (χ4n) is 1.81. The third-order valence-corrected chi connectivity index (χ3v) is 4.69. The minimum Gasteiger partial charge on any atom is -0.481 e. The van der Waals surface area contributed by atoms with Crippen molar-refractivity contribution in [2.45, 2.75) is 11.7 Å². The molecule has 0 unspecified atom stereocenters. The normalized spacial score (nSPS) is 16.9. The van der Waals surface area contributed by atoms with Crippen molar-refractivity contribution < 1.29 is 9.90 Å². The number of hydrogen-bond acceptors (Lipinski definition) is 5. The number of carboxylic acid groups (broad SMARTS) is 1. The lowest BCUT2D eigenvalue weighted by molar-refractivity contribution is -0.133. The molecule has 1 aliphatic rings. The summed E-state index contributed by atoms with van der Waals surface area (Å²) in [6.45, 7) is 4.19. The van der Waals surface area contributed by atoms with E-state index in [0.29, 0.717) is 0 Å². The Morgan fingerprint density at radius 3 is 2.94 bits per heavy atom. The first kappa shape index (κ1) is 13.8. The molecule has 1 aromatic heterocycles. The average Bonchev–Trinajstić information content (AvgIpc) is 2.82. The Hall–Kier alpha value is -0.660. The zero-order valence-corrected chi connectivity index (χ0v) is 11.8. The first-order chi connectivity index (χ1) is 8.75.